The van der Waals surface area contributed by atoms with Crippen LogP contribution < -0.4 is 14.8 Å². The van der Waals surface area contributed by atoms with Gasteiger partial charge in [-0.1, -0.05) is 12.1 Å². The molecule has 0 saturated carbocycles. The average Bonchev–Trinajstić information content (AvgIpc) is 3.50. The Morgan fingerprint density at radius 3 is 2.41 bits per heavy atom. The van der Waals surface area contributed by atoms with E-state index in [-0.39, 0.29) is 12.3 Å². The van der Waals surface area contributed by atoms with E-state index in [2.05, 4.69) is 20.6 Å². The molecule has 0 bridgehead atoms. The predicted molar refractivity (Wildman–Crippen MR) is 121 cm³/mol. The van der Waals surface area contributed by atoms with Crippen LogP contribution in [-0.2, 0) is 24.1 Å². The number of aryl methyl sites for hydroxylation is 2. The van der Waals surface area contributed by atoms with E-state index in [9.17, 15) is 4.79 Å². The third kappa shape index (κ3) is 5.34. The molecule has 0 unspecified atom stereocenters. The molecule has 4 aromatic rings. The van der Waals surface area contributed by atoms with E-state index in [0.29, 0.717) is 5.82 Å². The highest BCUT2D eigenvalue weighted by Crippen LogP contribution is 2.23. The van der Waals surface area contributed by atoms with Gasteiger partial charge in [0.25, 0.3) is 0 Å². The van der Waals surface area contributed by atoms with Crippen molar-refractivity contribution in [3.05, 3.63) is 83.8 Å². The number of nitrogens with zero attached hydrogens (tertiary/aromatic N) is 3. The summed E-state index contributed by atoms with van der Waals surface area (Å²) in [6.45, 7) is 0. The highest BCUT2D eigenvalue weighted by Gasteiger charge is 2.09. The van der Waals surface area contributed by atoms with Crippen molar-refractivity contribution in [3.63, 3.8) is 0 Å². The summed E-state index contributed by atoms with van der Waals surface area (Å²) in [7, 11) is 3.27. The predicted octanol–water partition coefficient (Wildman–Crippen LogP) is 3.58. The first-order valence-electron chi connectivity index (χ1n) is 10.3. The molecule has 0 fully saturated rings. The lowest BCUT2D eigenvalue weighted by Gasteiger charge is -2.08. The first-order chi connectivity index (χ1) is 15.6. The molecular formula is C24H25N5O3. The number of aromatic nitrogens is 4. The minimum atomic E-state index is -0.118. The van der Waals surface area contributed by atoms with Crippen molar-refractivity contribution in [2.24, 2.45) is 0 Å². The zero-order valence-electron chi connectivity index (χ0n) is 18.0. The first-order valence-corrected chi connectivity index (χ1v) is 10.3. The second kappa shape index (κ2) is 9.82. The third-order valence-electron chi connectivity index (χ3n) is 5.06. The van der Waals surface area contributed by atoms with E-state index < -0.39 is 0 Å². The Balaban J connectivity index is 1.30. The average molecular weight is 431 g/mol. The van der Waals surface area contributed by atoms with Crippen LogP contribution in [0.5, 0.6) is 11.5 Å². The number of hydrogen-bond donors (Lipinski definition) is 2. The number of methoxy groups -OCH3 is 2. The van der Waals surface area contributed by atoms with Crippen molar-refractivity contribution in [3.8, 4) is 17.2 Å². The molecule has 0 aliphatic rings. The fraction of sp³-hybridized carbons (Fsp3) is 0.208. The first kappa shape index (κ1) is 21.2. The molecule has 4 rings (SSSR count). The Kier molecular flexibility index (Phi) is 6.50. The summed E-state index contributed by atoms with van der Waals surface area (Å²) in [5.74, 6) is 1.91. The van der Waals surface area contributed by atoms with Gasteiger partial charge in [-0.15, -0.1) is 0 Å². The van der Waals surface area contributed by atoms with Gasteiger partial charge in [0.2, 0.25) is 5.91 Å². The van der Waals surface area contributed by atoms with Gasteiger partial charge < -0.3 is 14.8 Å². The van der Waals surface area contributed by atoms with Crippen LogP contribution in [0.15, 0.2) is 67.0 Å². The number of rotatable bonds is 9. The summed E-state index contributed by atoms with van der Waals surface area (Å²) in [5.41, 5.74) is 3.90. The number of aromatic amines is 1. The molecule has 8 heteroatoms. The lowest BCUT2D eigenvalue weighted by molar-refractivity contribution is -0.115. The van der Waals surface area contributed by atoms with Crippen molar-refractivity contribution >= 4 is 11.7 Å². The Hall–Kier alpha value is -4.07. The summed E-state index contributed by atoms with van der Waals surface area (Å²) in [5, 5.41) is 14.2. The number of benzene rings is 2. The molecule has 2 aromatic carbocycles. The van der Waals surface area contributed by atoms with Crippen LogP contribution in [0.2, 0.25) is 0 Å². The van der Waals surface area contributed by atoms with E-state index >= 15 is 0 Å². The standard InChI is InChI=1S/C24H25N5O3/c1-31-21-12-18(13-22(16-21)32-2)4-7-19-15-23(28-27-19)26-24(30)14-17-5-8-20(9-6-17)29-11-3-10-25-29/h3,5-6,8-13,15-16H,4,7,14H2,1-2H3,(H2,26,27,28,30). The zero-order chi connectivity index (χ0) is 22.3. The molecule has 0 radical (unpaired) electrons. The number of H-pyrrole nitrogens is 1. The van der Waals surface area contributed by atoms with Gasteiger partial charge in [0.1, 0.15) is 11.5 Å². The molecule has 1 amide bonds. The van der Waals surface area contributed by atoms with Crippen LogP contribution in [0.3, 0.4) is 0 Å². The van der Waals surface area contributed by atoms with Gasteiger partial charge in [0.15, 0.2) is 5.82 Å². The van der Waals surface area contributed by atoms with Crippen LogP contribution >= 0.6 is 0 Å². The maximum Gasteiger partial charge on any atom is 0.229 e. The van der Waals surface area contributed by atoms with Gasteiger partial charge in [-0.05, 0) is 54.3 Å². The van der Waals surface area contributed by atoms with Crippen molar-refractivity contribution < 1.29 is 14.3 Å². The minimum absolute atomic E-state index is 0.118. The van der Waals surface area contributed by atoms with E-state index in [1.54, 1.807) is 25.1 Å². The SMILES string of the molecule is COc1cc(CCc2cc(NC(=O)Cc3ccc(-n4cccn4)cc3)n[nH]2)cc(OC)c1. The zero-order valence-corrected chi connectivity index (χ0v) is 18.0. The normalized spacial score (nSPS) is 10.7. The fourth-order valence-corrected chi connectivity index (χ4v) is 3.40. The monoisotopic (exact) mass is 431 g/mol. The number of hydrogen-bond acceptors (Lipinski definition) is 5. The largest absolute Gasteiger partial charge is 0.497 e. The summed E-state index contributed by atoms with van der Waals surface area (Å²) in [6.07, 6.45) is 5.40. The number of ether oxygens (including phenoxy) is 2. The van der Waals surface area contributed by atoms with Crippen molar-refractivity contribution in [2.45, 2.75) is 19.3 Å². The van der Waals surface area contributed by atoms with Crippen molar-refractivity contribution in [2.75, 3.05) is 19.5 Å². The van der Waals surface area contributed by atoms with Gasteiger partial charge in [-0.25, -0.2) is 4.68 Å². The molecule has 0 saturated heterocycles. The maximum atomic E-state index is 12.4. The van der Waals surface area contributed by atoms with Gasteiger partial charge in [0, 0.05) is 30.2 Å². The second-order valence-electron chi connectivity index (χ2n) is 7.34. The molecule has 0 spiro atoms. The van der Waals surface area contributed by atoms with Crippen molar-refractivity contribution in [1.82, 2.24) is 20.0 Å². The van der Waals surface area contributed by atoms with Crippen LogP contribution in [0.25, 0.3) is 5.69 Å². The molecule has 8 nitrogen and oxygen atoms in total. The molecule has 2 aromatic heterocycles. The number of carbonyl (C=O) groups excluding carboxylic acids is 1. The van der Waals surface area contributed by atoms with Crippen LogP contribution in [0, 0.1) is 0 Å². The topological polar surface area (TPSA) is 94.1 Å². The van der Waals surface area contributed by atoms with Crippen LogP contribution in [-0.4, -0.2) is 40.1 Å². The summed E-state index contributed by atoms with van der Waals surface area (Å²) < 4.78 is 12.4. The number of amides is 1. The number of carbonyl (C=O) groups is 1. The molecule has 0 atom stereocenters. The maximum absolute atomic E-state index is 12.4. The Morgan fingerprint density at radius 2 is 1.75 bits per heavy atom. The van der Waals surface area contributed by atoms with Gasteiger partial charge >= 0.3 is 0 Å². The lowest BCUT2D eigenvalue weighted by Crippen LogP contribution is -2.14. The van der Waals surface area contributed by atoms with Crippen LogP contribution in [0.4, 0.5) is 5.82 Å². The van der Waals surface area contributed by atoms with Gasteiger partial charge in [-0.3, -0.25) is 9.89 Å². The Bertz CT molecular complexity index is 1140. The lowest BCUT2D eigenvalue weighted by atomic mass is 10.1. The quantitative estimate of drug-likeness (QED) is 0.422. The number of nitrogens with one attached hydrogen (secondary N) is 2. The molecule has 2 N–H and O–H groups in total. The van der Waals surface area contributed by atoms with Gasteiger partial charge in [-0.2, -0.15) is 10.2 Å². The molecular weight excluding hydrogens is 406 g/mol. The molecule has 0 aliphatic heterocycles. The highest BCUT2D eigenvalue weighted by atomic mass is 16.5. The molecule has 32 heavy (non-hydrogen) atoms. The summed E-state index contributed by atoms with van der Waals surface area (Å²) in [4.78, 5) is 12.4. The Morgan fingerprint density at radius 1 is 1.00 bits per heavy atom. The van der Waals surface area contributed by atoms with E-state index in [1.165, 1.54) is 0 Å². The fourth-order valence-electron chi connectivity index (χ4n) is 3.40. The molecule has 0 aliphatic carbocycles. The summed E-state index contributed by atoms with van der Waals surface area (Å²) >= 11 is 0. The second-order valence-corrected chi connectivity index (χ2v) is 7.34. The van der Waals surface area contributed by atoms with E-state index in [0.717, 1.165) is 46.8 Å². The Labute approximate surface area is 186 Å². The van der Waals surface area contributed by atoms with Crippen LogP contribution in [0.1, 0.15) is 16.8 Å². The molecule has 2 heterocycles. The van der Waals surface area contributed by atoms with Gasteiger partial charge in [0.05, 0.1) is 26.3 Å². The van der Waals surface area contributed by atoms with Crippen molar-refractivity contribution in [1.29, 1.82) is 0 Å². The minimum Gasteiger partial charge on any atom is -0.497 e. The summed E-state index contributed by atoms with van der Waals surface area (Å²) in [6, 6.07) is 17.3. The smallest absolute Gasteiger partial charge is 0.229 e. The third-order valence-corrected chi connectivity index (χ3v) is 5.06. The van der Waals surface area contributed by atoms with E-state index in [4.69, 9.17) is 9.47 Å². The number of anilines is 1. The highest BCUT2D eigenvalue weighted by molar-refractivity contribution is 5.91. The van der Waals surface area contributed by atoms with E-state index in [1.807, 2.05) is 60.8 Å². The molecule has 164 valence electrons.